The van der Waals surface area contributed by atoms with Crippen molar-refractivity contribution >= 4 is 23.4 Å². The zero-order chi connectivity index (χ0) is 12.8. The molecule has 0 aliphatic carbocycles. The lowest BCUT2D eigenvalue weighted by molar-refractivity contribution is 0.413. The number of thioether (sulfide) groups is 1. The van der Waals surface area contributed by atoms with Crippen LogP contribution in [0.3, 0.4) is 0 Å². The van der Waals surface area contributed by atoms with Crippen molar-refractivity contribution in [2.45, 2.75) is 49.7 Å². The SMILES string of the molecule is CCCCC[C@@H]1[C@@H](Cl)CCS[C@H]1c1ccccc1. The highest BCUT2D eigenvalue weighted by Gasteiger charge is 2.32. The van der Waals surface area contributed by atoms with Crippen LogP contribution in [0, 0.1) is 5.92 Å². The topological polar surface area (TPSA) is 0 Å². The van der Waals surface area contributed by atoms with Crippen molar-refractivity contribution in [1.29, 1.82) is 0 Å². The monoisotopic (exact) mass is 282 g/mol. The van der Waals surface area contributed by atoms with Crippen LogP contribution in [-0.2, 0) is 0 Å². The van der Waals surface area contributed by atoms with Gasteiger partial charge in [0.1, 0.15) is 0 Å². The van der Waals surface area contributed by atoms with Crippen molar-refractivity contribution in [2.24, 2.45) is 5.92 Å². The van der Waals surface area contributed by atoms with E-state index in [4.69, 9.17) is 11.6 Å². The number of hydrogen-bond acceptors (Lipinski definition) is 1. The van der Waals surface area contributed by atoms with E-state index in [9.17, 15) is 0 Å². The van der Waals surface area contributed by atoms with E-state index in [-0.39, 0.29) is 0 Å². The van der Waals surface area contributed by atoms with Gasteiger partial charge in [0.2, 0.25) is 0 Å². The third-order valence-corrected chi connectivity index (χ3v) is 5.81. The summed E-state index contributed by atoms with van der Waals surface area (Å²) in [5.74, 6) is 1.86. The summed E-state index contributed by atoms with van der Waals surface area (Å²) in [6, 6.07) is 10.9. The number of alkyl halides is 1. The maximum absolute atomic E-state index is 6.59. The van der Waals surface area contributed by atoms with Crippen molar-refractivity contribution in [3.05, 3.63) is 35.9 Å². The van der Waals surface area contributed by atoms with Gasteiger partial charge in [-0.2, -0.15) is 11.8 Å². The summed E-state index contributed by atoms with van der Waals surface area (Å²) in [5.41, 5.74) is 1.47. The van der Waals surface area contributed by atoms with Crippen LogP contribution >= 0.6 is 23.4 Å². The van der Waals surface area contributed by atoms with E-state index in [0.717, 1.165) is 0 Å². The average molecular weight is 283 g/mol. The minimum Gasteiger partial charge on any atom is -0.153 e. The fourth-order valence-corrected chi connectivity index (χ4v) is 4.95. The number of rotatable bonds is 5. The lowest BCUT2D eigenvalue weighted by Gasteiger charge is -2.35. The van der Waals surface area contributed by atoms with Gasteiger partial charge in [0, 0.05) is 10.6 Å². The van der Waals surface area contributed by atoms with Crippen molar-refractivity contribution in [3.63, 3.8) is 0 Å². The Labute approximate surface area is 121 Å². The van der Waals surface area contributed by atoms with Gasteiger partial charge in [-0.25, -0.2) is 0 Å². The van der Waals surface area contributed by atoms with Crippen molar-refractivity contribution in [1.82, 2.24) is 0 Å². The molecule has 1 aliphatic rings. The molecule has 0 saturated carbocycles. The van der Waals surface area contributed by atoms with E-state index in [1.54, 1.807) is 0 Å². The molecule has 0 N–H and O–H groups in total. The standard InChI is InChI=1S/C16H23ClS/c1-2-3-5-10-14-15(17)11-12-18-16(14)13-8-6-4-7-9-13/h4,6-9,14-16H,2-3,5,10-12H2,1H3/t14-,15+,16+/m1/s1. The lowest BCUT2D eigenvalue weighted by atomic mass is 9.88. The molecule has 1 aliphatic heterocycles. The summed E-state index contributed by atoms with van der Waals surface area (Å²) >= 11 is 8.69. The van der Waals surface area contributed by atoms with Crippen LogP contribution in [0.25, 0.3) is 0 Å². The van der Waals surface area contributed by atoms with Gasteiger partial charge < -0.3 is 0 Å². The van der Waals surface area contributed by atoms with Crippen LogP contribution in [0.4, 0.5) is 0 Å². The van der Waals surface area contributed by atoms with Gasteiger partial charge in [0.15, 0.2) is 0 Å². The predicted molar refractivity (Wildman–Crippen MR) is 83.5 cm³/mol. The molecule has 2 heteroatoms. The smallest absolute Gasteiger partial charge is 0.0385 e. The molecule has 0 spiro atoms. The maximum atomic E-state index is 6.59. The lowest BCUT2D eigenvalue weighted by Crippen LogP contribution is -2.26. The number of hydrogen-bond donors (Lipinski definition) is 0. The molecule has 0 radical (unpaired) electrons. The van der Waals surface area contributed by atoms with Gasteiger partial charge in [0.05, 0.1) is 0 Å². The zero-order valence-electron chi connectivity index (χ0n) is 11.1. The van der Waals surface area contributed by atoms with Crippen LogP contribution in [0.1, 0.15) is 49.8 Å². The molecule has 0 bridgehead atoms. The van der Waals surface area contributed by atoms with Crippen LogP contribution in [-0.4, -0.2) is 11.1 Å². The minimum absolute atomic E-state index is 0.369. The third-order valence-electron chi connectivity index (χ3n) is 3.81. The molecule has 1 fully saturated rings. The molecule has 1 aromatic rings. The summed E-state index contributed by atoms with van der Waals surface area (Å²) in [7, 11) is 0. The average Bonchev–Trinajstić information content (AvgIpc) is 2.42. The number of unbranched alkanes of at least 4 members (excludes halogenated alkanes) is 2. The molecule has 18 heavy (non-hydrogen) atoms. The van der Waals surface area contributed by atoms with E-state index in [2.05, 4.69) is 49.0 Å². The minimum atomic E-state index is 0.369. The molecule has 3 atom stereocenters. The van der Waals surface area contributed by atoms with Crippen molar-refractivity contribution in [2.75, 3.05) is 5.75 Å². The Bertz CT molecular complexity index is 338. The molecule has 1 aromatic carbocycles. The molecule has 2 rings (SSSR count). The second kappa shape index (κ2) is 7.45. The first-order chi connectivity index (χ1) is 8.83. The summed E-state index contributed by atoms with van der Waals surface area (Å²) in [6.07, 6.45) is 6.42. The fourth-order valence-electron chi connectivity index (χ4n) is 2.78. The Balaban J connectivity index is 2.05. The molecule has 0 amide bonds. The molecule has 0 nitrogen and oxygen atoms in total. The van der Waals surface area contributed by atoms with E-state index in [1.807, 2.05) is 0 Å². The zero-order valence-corrected chi connectivity index (χ0v) is 12.7. The molecular formula is C16H23ClS. The van der Waals surface area contributed by atoms with E-state index in [0.29, 0.717) is 16.5 Å². The Hall–Kier alpha value is -0.140. The van der Waals surface area contributed by atoms with E-state index < -0.39 is 0 Å². The molecule has 0 aromatic heterocycles. The fraction of sp³-hybridized carbons (Fsp3) is 0.625. The summed E-state index contributed by atoms with van der Waals surface area (Å²) in [6.45, 7) is 2.27. The normalized spacial score (nSPS) is 28.2. The van der Waals surface area contributed by atoms with Gasteiger partial charge in [-0.05, 0) is 30.1 Å². The highest BCUT2D eigenvalue weighted by molar-refractivity contribution is 7.99. The second-order valence-electron chi connectivity index (χ2n) is 5.17. The maximum Gasteiger partial charge on any atom is 0.0385 e. The van der Waals surface area contributed by atoms with Crippen LogP contribution < -0.4 is 0 Å². The van der Waals surface area contributed by atoms with Gasteiger partial charge in [-0.3, -0.25) is 0 Å². The number of benzene rings is 1. The quantitative estimate of drug-likeness (QED) is 0.495. The molecular weight excluding hydrogens is 260 g/mol. The largest absolute Gasteiger partial charge is 0.153 e. The first-order valence-corrected chi connectivity index (χ1v) is 8.62. The third kappa shape index (κ3) is 3.68. The molecule has 1 saturated heterocycles. The van der Waals surface area contributed by atoms with Gasteiger partial charge in [0.25, 0.3) is 0 Å². The number of halogens is 1. The van der Waals surface area contributed by atoms with Crippen molar-refractivity contribution in [3.8, 4) is 0 Å². The summed E-state index contributed by atoms with van der Waals surface area (Å²) in [5, 5.41) is 0.979. The predicted octanol–water partition coefficient (Wildman–Crippen LogP) is 5.67. The van der Waals surface area contributed by atoms with Gasteiger partial charge >= 0.3 is 0 Å². The molecule has 100 valence electrons. The summed E-state index contributed by atoms with van der Waals surface area (Å²) in [4.78, 5) is 0. The Morgan fingerprint density at radius 1 is 1.22 bits per heavy atom. The Morgan fingerprint density at radius 2 is 2.00 bits per heavy atom. The Kier molecular flexibility index (Phi) is 5.91. The van der Waals surface area contributed by atoms with E-state index in [1.165, 1.54) is 43.4 Å². The second-order valence-corrected chi connectivity index (χ2v) is 6.98. The first-order valence-electron chi connectivity index (χ1n) is 7.13. The molecule has 0 unspecified atom stereocenters. The Morgan fingerprint density at radius 3 is 2.72 bits per heavy atom. The van der Waals surface area contributed by atoms with Crippen LogP contribution in [0.5, 0.6) is 0 Å². The van der Waals surface area contributed by atoms with Crippen molar-refractivity contribution < 1.29 is 0 Å². The summed E-state index contributed by atoms with van der Waals surface area (Å²) < 4.78 is 0. The highest BCUT2D eigenvalue weighted by atomic mass is 35.5. The highest BCUT2D eigenvalue weighted by Crippen LogP contribution is 2.46. The molecule has 1 heterocycles. The van der Waals surface area contributed by atoms with Gasteiger partial charge in [-0.15, -0.1) is 11.6 Å². The first kappa shape index (κ1) is 14.3. The van der Waals surface area contributed by atoms with Crippen LogP contribution in [0.2, 0.25) is 0 Å². The van der Waals surface area contributed by atoms with Gasteiger partial charge in [-0.1, -0.05) is 56.5 Å². The van der Waals surface area contributed by atoms with E-state index >= 15 is 0 Å². The van der Waals surface area contributed by atoms with Crippen LogP contribution in [0.15, 0.2) is 30.3 Å².